The zero-order chi connectivity index (χ0) is 15.5. The van der Waals surface area contributed by atoms with E-state index < -0.39 is 10.8 Å². The standard InChI is InChI=1S/C18H29NOS/c1-5-19-16-12-11-14(18(2,3)4)13-17(16)21(20)15-9-7-6-8-10-15/h6-10,14,16-17,19H,5,11-13H2,1-4H3. The SMILES string of the molecule is CCNC1CCC(C(C)(C)C)CC1S(=O)c1ccccc1. The molecule has 1 fully saturated rings. The van der Waals surface area contributed by atoms with Crippen LogP contribution in [0.5, 0.6) is 0 Å². The molecule has 0 aromatic heterocycles. The van der Waals surface area contributed by atoms with Crippen molar-refractivity contribution in [2.24, 2.45) is 11.3 Å². The van der Waals surface area contributed by atoms with Gasteiger partial charge in [-0.1, -0.05) is 45.9 Å². The van der Waals surface area contributed by atoms with Crippen molar-refractivity contribution in [2.45, 2.75) is 63.1 Å². The molecule has 0 heterocycles. The largest absolute Gasteiger partial charge is 0.313 e. The Morgan fingerprint density at radius 1 is 1.19 bits per heavy atom. The zero-order valence-electron chi connectivity index (χ0n) is 13.8. The minimum Gasteiger partial charge on any atom is -0.313 e. The molecule has 118 valence electrons. The minimum atomic E-state index is -0.919. The first-order valence-corrected chi connectivity index (χ1v) is 9.33. The van der Waals surface area contributed by atoms with E-state index in [1.165, 1.54) is 6.42 Å². The molecule has 0 bridgehead atoms. The van der Waals surface area contributed by atoms with Gasteiger partial charge in [0.2, 0.25) is 0 Å². The Balaban J connectivity index is 2.20. The summed E-state index contributed by atoms with van der Waals surface area (Å²) in [4.78, 5) is 0.972. The Hall–Kier alpha value is -0.670. The molecule has 0 radical (unpaired) electrons. The van der Waals surface area contributed by atoms with E-state index in [2.05, 4.69) is 33.0 Å². The lowest BCUT2D eigenvalue weighted by atomic mass is 9.71. The van der Waals surface area contributed by atoms with Gasteiger partial charge in [0.05, 0.1) is 16.0 Å². The highest BCUT2D eigenvalue weighted by Crippen LogP contribution is 2.40. The van der Waals surface area contributed by atoms with Crippen molar-refractivity contribution in [1.82, 2.24) is 5.32 Å². The molecule has 4 unspecified atom stereocenters. The molecule has 4 atom stereocenters. The third kappa shape index (κ3) is 4.17. The maximum Gasteiger partial charge on any atom is 0.0576 e. The Morgan fingerprint density at radius 2 is 1.86 bits per heavy atom. The third-order valence-corrected chi connectivity index (χ3v) is 6.54. The number of benzene rings is 1. The van der Waals surface area contributed by atoms with Gasteiger partial charge >= 0.3 is 0 Å². The van der Waals surface area contributed by atoms with Gasteiger partial charge in [-0.15, -0.1) is 0 Å². The molecule has 2 nitrogen and oxygen atoms in total. The number of hydrogen-bond acceptors (Lipinski definition) is 2. The van der Waals surface area contributed by atoms with E-state index in [1.54, 1.807) is 0 Å². The van der Waals surface area contributed by atoms with E-state index >= 15 is 0 Å². The average molecular weight is 308 g/mol. The zero-order valence-corrected chi connectivity index (χ0v) is 14.6. The lowest BCUT2D eigenvalue weighted by Gasteiger charge is -2.41. The maximum absolute atomic E-state index is 13.0. The fourth-order valence-corrected chi connectivity index (χ4v) is 5.09. The molecule has 0 amide bonds. The third-order valence-electron chi connectivity index (χ3n) is 4.73. The molecule has 1 aromatic carbocycles. The van der Waals surface area contributed by atoms with Crippen molar-refractivity contribution in [1.29, 1.82) is 0 Å². The Morgan fingerprint density at radius 3 is 2.43 bits per heavy atom. The highest BCUT2D eigenvalue weighted by Gasteiger charge is 2.38. The smallest absolute Gasteiger partial charge is 0.0576 e. The van der Waals surface area contributed by atoms with Crippen LogP contribution < -0.4 is 5.32 Å². The topological polar surface area (TPSA) is 29.1 Å². The van der Waals surface area contributed by atoms with Crippen LogP contribution in [-0.2, 0) is 10.8 Å². The van der Waals surface area contributed by atoms with Crippen LogP contribution in [0.15, 0.2) is 35.2 Å². The van der Waals surface area contributed by atoms with Crippen LogP contribution in [0.2, 0.25) is 0 Å². The van der Waals surface area contributed by atoms with Crippen LogP contribution in [0.4, 0.5) is 0 Å². The van der Waals surface area contributed by atoms with Crippen molar-refractivity contribution in [3.05, 3.63) is 30.3 Å². The first kappa shape index (κ1) is 16.7. The van der Waals surface area contributed by atoms with Crippen molar-refractivity contribution < 1.29 is 4.21 Å². The summed E-state index contributed by atoms with van der Waals surface area (Å²) in [5.41, 5.74) is 0.302. The molecule has 1 aliphatic carbocycles. The molecule has 1 aromatic rings. The molecule has 1 saturated carbocycles. The molecule has 1 N–H and O–H groups in total. The van der Waals surface area contributed by atoms with Gasteiger partial charge in [-0.3, -0.25) is 4.21 Å². The summed E-state index contributed by atoms with van der Waals surface area (Å²) >= 11 is 0. The Bertz CT molecular complexity index is 466. The first-order valence-electron chi connectivity index (χ1n) is 8.12. The average Bonchev–Trinajstić information content (AvgIpc) is 2.47. The van der Waals surface area contributed by atoms with Crippen molar-refractivity contribution >= 4 is 10.8 Å². The lowest BCUT2D eigenvalue weighted by Crippen LogP contribution is -2.48. The van der Waals surface area contributed by atoms with E-state index in [-0.39, 0.29) is 5.25 Å². The van der Waals surface area contributed by atoms with Gasteiger partial charge in [0.1, 0.15) is 0 Å². The molecular weight excluding hydrogens is 278 g/mol. The van der Waals surface area contributed by atoms with Crippen LogP contribution in [0.3, 0.4) is 0 Å². The van der Waals surface area contributed by atoms with Crippen LogP contribution >= 0.6 is 0 Å². The molecular formula is C18H29NOS. The molecule has 0 aliphatic heterocycles. The minimum absolute atomic E-state index is 0.227. The highest BCUT2D eigenvalue weighted by atomic mass is 32.2. The summed E-state index contributed by atoms with van der Waals surface area (Å²) in [7, 11) is -0.919. The lowest BCUT2D eigenvalue weighted by molar-refractivity contribution is 0.164. The number of hydrogen-bond donors (Lipinski definition) is 1. The van der Waals surface area contributed by atoms with Crippen LogP contribution in [0.1, 0.15) is 47.0 Å². The monoisotopic (exact) mass is 307 g/mol. The second-order valence-electron chi connectivity index (χ2n) is 7.19. The predicted molar refractivity (Wildman–Crippen MR) is 90.9 cm³/mol. The van der Waals surface area contributed by atoms with Gasteiger partial charge in [-0.25, -0.2) is 0 Å². The molecule has 0 spiro atoms. The predicted octanol–water partition coefficient (Wildman–Crippen LogP) is 3.99. The normalized spacial score (nSPS) is 28.3. The second kappa shape index (κ2) is 7.06. The van der Waals surface area contributed by atoms with Crippen LogP contribution in [0, 0.1) is 11.3 Å². The summed E-state index contributed by atoms with van der Waals surface area (Å²) in [5, 5.41) is 3.79. The number of nitrogens with one attached hydrogen (secondary N) is 1. The summed E-state index contributed by atoms with van der Waals surface area (Å²) in [6.07, 6.45) is 3.44. The molecule has 0 saturated heterocycles. The second-order valence-corrected chi connectivity index (χ2v) is 8.86. The summed E-state index contributed by atoms with van der Waals surface area (Å²) in [6, 6.07) is 10.3. The van der Waals surface area contributed by atoms with Gasteiger partial charge in [0.25, 0.3) is 0 Å². The summed E-state index contributed by atoms with van der Waals surface area (Å²) < 4.78 is 13.0. The first-order chi connectivity index (χ1) is 9.93. The fourth-order valence-electron chi connectivity index (χ4n) is 3.38. The van der Waals surface area contributed by atoms with Crippen molar-refractivity contribution in [2.75, 3.05) is 6.54 Å². The van der Waals surface area contributed by atoms with E-state index in [1.807, 2.05) is 30.3 Å². The summed E-state index contributed by atoms with van der Waals surface area (Å²) in [6.45, 7) is 10.0. The molecule has 3 heteroatoms. The Labute approximate surface area is 132 Å². The molecule has 21 heavy (non-hydrogen) atoms. The maximum atomic E-state index is 13.0. The van der Waals surface area contributed by atoms with Gasteiger partial charge < -0.3 is 5.32 Å². The van der Waals surface area contributed by atoms with Gasteiger partial charge in [-0.2, -0.15) is 0 Å². The quantitative estimate of drug-likeness (QED) is 0.911. The van der Waals surface area contributed by atoms with Gasteiger partial charge in [0.15, 0.2) is 0 Å². The van der Waals surface area contributed by atoms with Crippen LogP contribution in [0.25, 0.3) is 0 Å². The van der Waals surface area contributed by atoms with Gasteiger partial charge in [-0.05, 0) is 49.3 Å². The number of rotatable bonds is 4. The van der Waals surface area contributed by atoms with Crippen molar-refractivity contribution in [3.8, 4) is 0 Å². The van der Waals surface area contributed by atoms with Crippen molar-refractivity contribution in [3.63, 3.8) is 0 Å². The molecule has 2 rings (SSSR count). The highest BCUT2D eigenvalue weighted by molar-refractivity contribution is 7.85. The fraction of sp³-hybridized carbons (Fsp3) is 0.667. The summed E-state index contributed by atoms with van der Waals surface area (Å²) in [5.74, 6) is 0.657. The van der Waals surface area contributed by atoms with Gasteiger partial charge in [0, 0.05) is 10.9 Å². The molecule has 1 aliphatic rings. The van der Waals surface area contributed by atoms with E-state index in [4.69, 9.17) is 0 Å². The van der Waals surface area contributed by atoms with E-state index in [9.17, 15) is 4.21 Å². The van der Waals surface area contributed by atoms with E-state index in [0.717, 1.165) is 24.3 Å². The van der Waals surface area contributed by atoms with E-state index in [0.29, 0.717) is 17.4 Å². The van der Waals surface area contributed by atoms with Crippen LogP contribution in [-0.4, -0.2) is 22.0 Å². The Kier molecular flexibility index (Phi) is 5.61.